The minimum atomic E-state index is -4.59. The number of carbonyl (C=O) groups is 1. The summed E-state index contributed by atoms with van der Waals surface area (Å²) < 4.78 is 40.1. The van der Waals surface area contributed by atoms with Crippen LogP contribution in [0.5, 0.6) is 0 Å². The fraction of sp³-hybridized carbons (Fsp3) is 0.476. The maximum absolute atomic E-state index is 13.4. The number of carbonyl (C=O) groups excluding carboxylic acids is 1. The van der Waals surface area contributed by atoms with Gasteiger partial charge in [0, 0.05) is 17.6 Å². The number of halogens is 3. The summed E-state index contributed by atoms with van der Waals surface area (Å²) in [6.45, 7) is 5.73. The summed E-state index contributed by atoms with van der Waals surface area (Å²) in [5.74, 6) is -0.0861. The van der Waals surface area contributed by atoms with Gasteiger partial charge in [-0.2, -0.15) is 13.2 Å². The molecule has 0 aliphatic carbocycles. The number of rotatable bonds is 4. The Hall–Kier alpha value is -2.09. The number of piperidine rings is 1. The molecule has 1 aromatic carbocycles. The summed E-state index contributed by atoms with van der Waals surface area (Å²) in [4.78, 5) is 22.8. The molecule has 1 amide bonds. The molecule has 1 aromatic heterocycles. The summed E-state index contributed by atoms with van der Waals surface area (Å²) in [5.41, 5.74) is -0.248. The molecule has 1 saturated heterocycles. The van der Waals surface area contributed by atoms with Crippen molar-refractivity contribution in [3.05, 3.63) is 42.1 Å². The highest BCUT2D eigenvalue weighted by molar-refractivity contribution is 8.00. The fourth-order valence-electron chi connectivity index (χ4n) is 3.65. The average Bonchev–Trinajstić information content (AvgIpc) is 2.67. The zero-order valence-electron chi connectivity index (χ0n) is 16.6. The SMILES string of the molecule is C[C@@H](Sc1nc(-c2ccccc2)cc(C(F)(F)F)n1)C(=O)N1[C@@H](C)CCC[C@@H]1C. The van der Waals surface area contributed by atoms with E-state index in [2.05, 4.69) is 9.97 Å². The highest BCUT2D eigenvalue weighted by atomic mass is 32.2. The number of hydrogen-bond acceptors (Lipinski definition) is 4. The van der Waals surface area contributed by atoms with Crippen LogP contribution in [0, 0.1) is 0 Å². The first-order valence-electron chi connectivity index (χ1n) is 9.67. The Bertz CT molecular complexity index is 850. The number of amides is 1. The Morgan fingerprint density at radius 2 is 1.76 bits per heavy atom. The van der Waals surface area contributed by atoms with Crippen molar-refractivity contribution in [1.82, 2.24) is 14.9 Å². The molecule has 29 heavy (non-hydrogen) atoms. The zero-order valence-corrected chi connectivity index (χ0v) is 17.4. The minimum absolute atomic E-state index is 0.0446. The van der Waals surface area contributed by atoms with Gasteiger partial charge >= 0.3 is 6.18 Å². The quantitative estimate of drug-likeness (QED) is 0.486. The lowest BCUT2D eigenvalue weighted by molar-refractivity contribution is -0.141. The molecule has 156 valence electrons. The van der Waals surface area contributed by atoms with Gasteiger partial charge < -0.3 is 4.90 Å². The van der Waals surface area contributed by atoms with Crippen LogP contribution < -0.4 is 0 Å². The van der Waals surface area contributed by atoms with E-state index < -0.39 is 17.1 Å². The molecule has 3 rings (SSSR count). The van der Waals surface area contributed by atoms with Crippen LogP contribution >= 0.6 is 11.8 Å². The molecule has 0 bridgehead atoms. The van der Waals surface area contributed by atoms with E-state index in [1.807, 2.05) is 18.7 Å². The van der Waals surface area contributed by atoms with E-state index in [0.717, 1.165) is 37.1 Å². The fourth-order valence-corrected chi connectivity index (χ4v) is 4.49. The van der Waals surface area contributed by atoms with E-state index in [1.165, 1.54) is 0 Å². The molecule has 2 aromatic rings. The van der Waals surface area contributed by atoms with Gasteiger partial charge in [-0.3, -0.25) is 4.79 Å². The van der Waals surface area contributed by atoms with E-state index in [0.29, 0.717) is 5.56 Å². The van der Waals surface area contributed by atoms with E-state index in [1.54, 1.807) is 37.3 Å². The molecule has 0 radical (unpaired) electrons. The maximum atomic E-state index is 13.4. The topological polar surface area (TPSA) is 46.1 Å². The van der Waals surface area contributed by atoms with Gasteiger partial charge in [-0.15, -0.1) is 0 Å². The largest absolute Gasteiger partial charge is 0.433 e. The molecule has 0 unspecified atom stereocenters. The van der Waals surface area contributed by atoms with Crippen molar-refractivity contribution >= 4 is 17.7 Å². The highest BCUT2D eigenvalue weighted by Crippen LogP contribution is 2.34. The van der Waals surface area contributed by atoms with E-state index in [-0.39, 0.29) is 28.8 Å². The molecule has 1 fully saturated rings. The lowest BCUT2D eigenvalue weighted by atomic mass is 9.97. The van der Waals surface area contributed by atoms with Crippen molar-refractivity contribution in [1.29, 1.82) is 0 Å². The molecule has 0 spiro atoms. The van der Waals surface area contributed by atoms with Crippen LogP contribution in [0.25, 0.3) is 11.3 Å². The molecular formula is C21H24F3N3OS. The predicted molar refractivity (Wildman–Crippen MR) is 107 cm³/mol. The Morgan fingerprint density at radius 1 is 1.14 bits per heavy atom. The minimum Gasteiger partial charge on any atom is -0.336 e. The van der Waals surface area contributed by atoms with Gasteiger partial charge in [0.2, 0.25) is 5.91 Å². The van der Waals surface area contributed by atoms with Gasteiger partial charge in [0.05, 0.1) is 10.9 Å². The second-order valence-corrected chi connectivity index (χ2v) is 8.73. The number of thioether (sulfide) groups is 1. The summed E-state index contributed by atoms with van der Waals surface area (Å²) in [7, 11) is 0. The third-order valence-electron chi connectivity index (χ3n) is 5.14. The van der Waals surface area contributed by atoms with Crippen LogP contribution in [-0.2, 0) is 11.0 Å². The first-order valence-corrected chi connectivity index (χ1v) is 10.6. The molecule has 1 aliphatic heterocycles. The molecule has 2 heterocycles. The molecule has 8 heteroatoms. The maximum Gasteiger partial charge on any atom is 0.433 e. The van der Waals surface area contributed by atoms with Crippen molar-refractivity contribution in [2.24, 2.45) is 0 Å². The Labute approximate surface area is 172 Å². The molecule has 3 atom stereocenters. The molecule has 4 nitrogen and oxygen atoms in total. The Morgan fingerprint density at radius 3 is 2.34 bits per heavy atom. The van der Waals surface area contributed by atoms with E-state index in [4.69, 9.17) is 0 Å². The molecule has 0 N–H and O–H groups in total. The number of hydrogen-bond donors (Lipinski definition) is 0. The number of likely N-dealkylation sites (tertiary alicyclic amines) is 1. The van der Waals surface area contributed by atoms with Crippen molar-refractivity contribution in [3.63, 3.8) is 0 Å². The second-order valence-electron chi connectivity index (χ2n) is 7.42. The lowest BCUT2D eigenvalue weighted by Gasteiger charge is -2.40. The van der Waals surface area contributed by atoms with Gasteiger partial charge in [0.15, 0.2) is 5.16 Å². The molecular weight excluding hydrogens is 399 g/mol. The van der Waals surface area contributed by atoms with Crippen LogP contribution in [0.3, 0.4) is 0 Å². The highest BCUT2D eigenvalue weighted by Gasteiger charge is 2.35. The smallest absolute Gasteiger partial charge is 0.336 e. The van der Waals surface area contributed by atoms with Gasteiger partial charge in [-0.25, -0.2) is 9.97 Å². The van der Waals surface area contributed by atoms with Gasteiger partial charge in [0.25, 0.3) is 0 Å². The van der Waals surface area contributed by atoms with Gasteiger partial charge in [-0.1, -0.05) is 42.1 Å². The monoisotopic (exact) mass is 423 g/mol. The van der Waals surface area contributed by atoms with Gasteiger partial charge in [-0.05, 0) is 46.1 Å². The van der Waals surface area contributed by atoms with E-state index in [9.17, 15) is 18.0 Å². The zero-order chi connectivity index (χ0) is 21.2. The Balaban J connectivity index is 1.88. The first kappa shape index (κ1) is 21.6. The van der Waals surface area contributed by atoms with Crippen molar-refractivity contribution in [3.8, 4) is 11.3 Å². The first-order chi connectivity index (χ1) is 13.7. The van der Waals surface area contributed by atoms with Crippen LogP contribution in [0.2, 0.25) is 0 Å². The summed E-state index contributed by atoms with van der Waals surface area (Å²) in [6.07, 6.45) is -1.65. The Kier molecular flexibility index (Phi) is 6.51. The number of benzene rings is 1. The van der Waals surface area contributed by atoms with Crippen LogP contribution in [0.15, 0.2) is 41.6 Å². The van der Waals surface area contributed by atoms with Crippen LogP contribution in [0.4, 0.5) is 13.2 Å². The number of nitrogens with zero attached hydrogens (tertiary/aromatic N) is 3. The lowest BCUT2D eigenvalue weighted by Crippen LogP contribution is -2.50. The van der Waals surface area contributed by atoms with Crippen molar-refractivity contribution in [2.75, 3.05) is 0 Å². The number of aromatic nitrogens is 2. The standard InChI is InChI=1S/C21H24F3N3OS/c1-13-8-7-9-14(2)27(13)19(28)15(3)29-20-25-17(16-10-5-4-6-11-16)12-18(26-20)21(22,23)24/h4-6,10-15H,7-9H2,1-3H3/t13-,14-,15+/m0/s1. The third kappa shape index (κ3) is 5.10. The predicted octanol–water partition coefficient (Wildman–Crippen LogP) is 5.43. The second kappa shape index (κ2) is 8.73. The summed E-state index contributed by atoms with van der Waals surface area (Å²) >= 11 is 0.975. The van der Waals surface area contributed by atoms with Crippen molar-refractivity contribution < 1.29 is 18.0 Å². The van der Waals surface area contributed by atoms with Crippen LogP contribution in [0.1, 0.15) is 45.7 Å². The molecule has 0 saturated carbocycles. The summed E-state index contributed by atoms with van der Waals surface area (Å²) in [5, 5.41) is -0.623. The van der Waals surface area contributed by atoms with Crippen molar-refractivity contribution in [2.45, 2.75) is 68.7 Å². The van der Waals surface area contributed by atoms with Gasteiger partial charge in [0.1, 0.15) is 5.69 Å². The number of alkyl halides is 3. The van der Waals surface area contributed by atoms with E-state index >= 15 is 0 Å². The molecule has 1 aliphatic rings. The van der Waals surface area contributed by atoms with Crippen LogP contribution in [-0.4, -0.2) is 38.1 Å². The normalized spacial score (nSPS) is 21.1. The average molecular weight is 424 g/mol. The summed E-state index contributed by atoms with van der Waals surface area (Å²) in [6, 6.07) is 9.85. The third-order valence-corrected chi connectivity index (χ3v) is 6.09.